The normalized spacial score (nSPS) is 10.6. The Hall–Kier alpha value is -2.47. The van der Waals surface area contributed by atoms with Crippen molar-refractivity contribution >= 4 is 32.2 Å². The summed E-state index contributed by atoms with van der Waals surface area (Å²) in [6.07, 6.45) is 1.27. The van der Waals surface area contributed by atoms with Crippen LogP contribution in [0.5, 0.6) is 0 Å². The molecule has 0 aliphatic carbocycles. The summed E-state index contributed by atoms with van der Waals surface area (Å²) >= 11 is 1.04. The van der Waals surface area contributed by atoms with Gasteiger partial charge in [-0.1, -0.05) is 42.5 Å². The van der Waals surface area contributed by atoms with Gasteiger partial charge in [0.15, 0.2) is 5.13 Å². The molecule has 0 bridgehead atoms. The van der Waals surface area contributed by atoms with Crippen LogP contribution in [0.4, 0.5) is 10.1 Å². The minimum absolute atomic E-state index is 0.0467. The molecule has 2 aromatic carbocycles. The second-order valence-electron chi connectivity index (χ2n) is 4.25. The van der Waals surface area contributed by atoms with E-state index in [1.807, 2.05) is 24.3 Å². The molecule has 0 saturated heterocycles. The number of fused-ring (bicyclic) bond motifs is 1. The smallest absolute Gasteiger partial charge is 0.345 e. The van der Waals surface area contributed by atoms with E-state index in [4.69, 9.17) is 0 Å². The Kier molecular flexibility index (Phi) is 3.30. The number of nitro groups is 1. The Labute approximate surface area is 119 Å². The summed E-state index contributed by atoms with van der Waals surface area (Å²) < 4.78 is 0. The zero-order chi connectivity index (χ0) is 13.9. The van der Waals surface area contributed by atoms with Gasteiger partial charge in [0.05, 0.1) is 4.92 Å². The van der Waals surface area contributed by atoms with E-state index in [9.17, 15) is 10.1 Å². The van der Waals surface area contributed by atoms with E-state index in [1.54, 1.807) is 0 Å². The monoisotopic (exact) mass is 285 g/mol. The second kappa shape index (κ2) is 5.26. The highest BCUT2D eigenvalue weighted by Gasteiger charge is 2.11. The Morgan fingerprint density at radius 3 is 2.80 bits per heavy atom. The van der Waals surface area contributed by atoms with E-state index in [-0.39, 0.29) is 5.00 Å². The van der Waals surface area contributed by atoms with Gasteiger partial charge >= 0.3 is 5.00 Å². The number of nitrogens with one attached hydrogen (secondary N) is 1. The number of aromatic nitrogens is 1. The predicted octanol–water partition coefficient (Wildman–Crippen LogP) is 3.82. The number of hydrogen-bond acceptors (Lipinski definition) is 5. The first-order chi connectivity index (χ1) is 9.74. The molecule has 20 heavy (non-hydrogen) atoms. The molecule has 3 rings (SSSR count). The maximum atomic E-state index is 10.6. The summed E-state index contributed by atoms with van der Waals surface area (Å²) in [7, 11) is 0. The minimum atomic E-state index is -0.430. The molecular formula is C14H11N3O2S. The molecule has 3 aromatic rings. The standard InChI is InChI=1S/C14H11N3O2S/c18-17(19)13-9-16-14(20-13)15-8-11-6-3-5-10-4-1-2-7-12(10)11/h1-7,9H,8H2,(H,15,16). The molecule has 100 valence electrons. The topological polar surface area (TPSA) is 68.1 Å². The maximum Gasteiger partial charge on any atom is 0.345 e. The lowest BCUT2D eigenvalue weighted by atomic mass is 10.0. The highest BCUT2D eigenvalue weighted by molar-refractivity contribution is 7.18. The van der Waals surface area contributed by atoms with E-state index >= 15 is 0 Å². The van der Waals surface area contributed by atoms with Crippen LogP contribution in [0.25, 0.3) is 10.8 Å². The number of anilines is 1. The first-order valence-corrected chi connectivity index (χ1v) is 6.86. The molecule has 1 N–H and O–H groups in total. The first-order valence-electron chi connectivity index (χ1n) is 6.05. The SMILES string of the molecule is O=[N+]([O-])c1cnc(NCc2cccc3ccccc23)s1. The Balaban J connectivity index is 1.81. The van der Waals surface area contributed by atoms with Crippen LogP contribution in [0.2, 0.25) is 0 Å². The average Bonchev–Trinajstić information content (AvgIpc) is 2.94. The van der Waals surface area contributed by atoms with E-state index in [1.165, 1.54) is 17.0 Å². The van der Waals surface area contributed by atoms with E-state index < -0.39 is 4.92 Å². The third-order valence-corrected chi connectivity index (χ3v) is 3.89. The van der Waals surface area contributed by atoms with Crippen LogP contribution in [0.1, 0.15) is 5.56 Å². The van der Waals surface area contributed by atoms with Crippen LogP contribution in [0, 0.1) is 10.1 Å². The fourth-order valence-electron chi connectivity index (χ4n) is 2.05. The minimum Gasteiger partial charge on any atom is -0.357 e. The average molecular weight is 285 g/mol. The van der Waals surface area contributed by atoms with Crippen LogP contribution >= 0.6 is 11.3 Å². The van der Waals surface area contributed by atoms with Crippen molar-refractivity contribution in [1.82, 2.24) is 4.98 Å². The van der Waals surface area contributed by atoms with Gasteiger partial charge in [0.1, 0.15) is 6.20 Å². The van der Waals surface area contributed by atoms with Crippen LogP contribution < -0.4 is 5.32 Å². The third-order valence-electron chi connectivity index (χ3n) is 2.98. The van der Waals surface area contributed by atoms with Crippen molar-refractivity contribution in [3.63, 3.8) is 0 Å². The number of hydrogen-bond donors (Lipinski definition) is 1. The van der Waals surface area contributed by atoms with Crippen molar-refractivity contribution in [1.29, 1.82) is 0 Å². The third kappa shape index (κ3) is 2.46. The van der Waals surface area contributed by atoms with E-state index in [2.05, 4.69) is 28.5 Å². The molecule has 0 aliphatic heterocycles. The first kappa shape index (κ1) is 12.6. The predicted molar refractivity (Wildman–Crippen MR) is 80.0 cm³/mol. The molecule has 0 saturated carbocycles. The van der Waals surface area contributed by atoms with Gasteiger partial charge in [0.25, 0.3) is 0 Å². The van der Waals surface area contributed by atoms with Crippen molar-refractivity contribution in [3.05, 3.63) is 64.3 Å². The highest BCUT2D eigenvalue weighted by atomic mass is 32.1. The summed E-state index contributed by atoms with van der Waals surface area (Å²) in [5, 5.41) is 16.7. The second-order valence-corrected chi connectivity index (χ2v) is 5.26. The van der Waals surface area contributed by atoms with E-state index in [0.29, 0.717) is 11.7 Å². The number of rotatable bonds is 4. The molecule has 0 unspecified atom stereocenters. The molecule has 0 spiro atoms. The van der Waals surface area contributed by atoms with Gasteiger partial charge in [-0.2, -0.15) is 0 Å². The molecule has 0 radical (unpaired) electrons. The molecule has 1 aromatic heterocycles. The van der Waals surface area contributed by atoms with Crippen LogP contribution in [0.15, 0.2) is 48.7 Å². The molecule has 5 nitrogen and oxygen atoms in total. The zero-order valence-corrected chi connectivity index (χ0v) is 11.3. The molecule has 6 heteroatoms. The highest BCUT2D eigenvalue weighted by Crippen LogP contribution is 2.26. The van der Waals surface area contributed by atoms with Crippen molar-refractivity contribution in [2.24, 2.45) is 0 Å². The molecule has 0 aliphatic rings. The van der Waals surface area contributed by atoms with Crippen LogP contribution in [-0.4, -0.2) is 9.91 Å². The van der Waals surface area contributed by atoms with Gasteiger partial charge < -0.3 is 5.32 Å². The van der Waals surface area contributed by atoms with Gasteiger partial charge in [-0.25, -0.2) is 4.98 Å². The Bertz CT molecular complexity index is 764. The van der Waals surface area contributed by atoms with Gasteiger partial charge in [-0.15, -0.1) is 0 Å². The molecule has 0 amide bonds. The lowest BCUT2D eigenvalue weighted by Crippen LogP contribution is -1.99. The molecule has 1 heterocycles. The maximum absolute atomic E-state index is 10.6. The summed E-state index contributed by atoms with van der Waals surface area (Å²) in [6.45, 7) is 0.589. The summed E-state index contributed by atoms with van der Waals surface area (Å²) in [5.74, 6) is 0. The van der Waals surface area contributed by atoms with Crippen molar-refractivity contribution in [2.45, 2.75) is 6.54 Å². The largest absolute Gasteiger partial charge is 0.357 e. The summed E-state index contributed by atoms with van der Waals surface area (Å²) in [5.41, 5.74) is 1.14. The molecule has 0 atom stereocenters. The van der Waals surface area contributed by atoms with Gasteiger partial charge in [-0.3, -0.25) is 10.1 Å². The summed E-state index contributed by atoms with van der Waals surface area (Å²) in [4.78, 5) is 14.2. The van der Waals surface area contributed by atoms with Gasteiger partial charge in [-0.05, 0) is 27.7 Å². The van der Waals surface area contributed by atoms with Crippen molar-refractivity contribution < 1.29 is 4.92 Å². The van der Waals surface area contributed by atoms with Crippen LogP contribution in [-0.2, 0) is 6.54 Å². The van der Waals surface area contributed by atoms with Crippen LogP contribution in [0.3, 0.4) is 0 Å². The summed E-state index contributed by atoms with van der Waals surface area (Å²) in [6, 6.07) is 14.2. The Morgan fingerprint density at radius 1 is 1.20 bits per heavy atom. The van der Waals surface area contributed by atoms with Gasteiger partial charge in [0.2, 0.25) is 0 Å². The lowest BCUT2D eigenvalue weighted by molar-refractivity contribution is -0.380. The lowest BCUT2D eigenvalue weighted by Gasteiger charge is -2.06. The fraction of sp³-hybridized carbons (Fsp3) is 0.0714. The number of thiazole rings is 1. The molecular weight excluding hydrogens is 274 g/mol. The quantitative estimate of drug-likeness (QED) is 0.584. The zero-order valence-electron chi connectivity index (χ0n) is 10.4. The fourth-order valence-corrected chi connectivity index (χ4v) is 2.68. The van der Waals surface area contributed by atoms with Crippen molar-refractivity contribution in [2.75, 3.05) is 5.32 Å². The molecule has 0 fully saturated rings. The number of benzene rings is 2. The van der Waals surface area contributed by atoms with E-state index in [0.717, 1.165) is 16.9 Å². The Morgan fingerprint density at radius 2 is 2.00 bits per heavy atom. The van der Waals surface area contributed by atoms with Gasteiger partial charge in [0, 0.05) is 6.54 Å². The number of nitrogens with zero attached hydrogens (tertiary/aromatic N) is 2. The van der Waals surface area contributed by atoms with Crippen molar-refractivity contribution in [3.8, 4) is 0 Å².